The van der Waals surface area contributed by atoms with Gasteiger partial charge in [-0.25, -0.2) is 0 Å². The average molecular weight is 364 g/mol. The molecule has 112 valence electrons. The van der Waals surface area contributed by atoms with Gasteiger partial charge in [0.1, 0.15) is 6.10 Å². The molecule has 0 spiro atoms. The van der Waals surface area contributed by atoms with Crippen molar-refractivity contribution in [1.29, 1.82) is 0 Å². The molecule has 1 aliphatic rings. The Morgan fingerprint density at radius 1 is 1.50 bits per heavy atom. The quantitative estimate of drug-likeness (QED) is 0.864. The maximum absolute atomic E-state index is 12.1. The molecule has 1 aromatic carbocycles. The molecule has 3 N–H and O–H groups in total. The topological polar surface area (TPSA) is 64.4 Å². The van der Waals surface area contributed by atoms with Crippen molar-refractivity contribution in [2.24, 2.45) is 5.73 Å². The second-order valence-electron chi connectivity index (χ2n) is 4.70. The Kier molecular flexibility index (Phi) is 6.95. The third-order valence-corrected chi connectivity index (χ3v) is 3.86. The van der Waals surface area contributed by atoms with Gasteiger partial charge >= 0.3 is 0 Å². The van der Waals surface area contributed by atoms with Crippen molar-refractivity contribution in [1.82, 2.24) is 0 Å². The molecule has 0 aromatic heterocycles. The fourth-order valence-electron chi connectivity index (χ4n) is 2.26. The molecule has 0 unspecified atom stereocenters. The molecule has 1 amide bonds. The molecule has 0 bridgehead atoms. The zero-order valence-corrected chi connectivity index (χ0v) is 13.8. The van der Waals surface area contributed by atoms with Gasteiger partial charge in [-0.15, -0.1) is 12.4 Å². The summed E-state index contributed by atoms with van der Waals surface area (Å²) in [5.74, 6) is -0.0760. The Labute approximate surface area is 134 Å². The second kappa shape index (κ2) is 7.98. The predicted octanol–water partition coefficient (Wildman–Crippen LogP) is 2.88. The molecular weight excluding hydrogens is 344 g/mol. The van der Waals surface area contributed by atoms with Crippen LogP contribution in [0.4, 0.5) is 5.69 Å². The van der Waals surface area contributed by atoms with E-state index < -0.39 is 0 Å². The van der Waals surface area contributed by atoms with Crippen LogP contribution in [0.2, 0.25) is 0 Å². The Balaban J connectivity index is 0.00000200. The largest absolute Gasteiger partial charge is 0.364 e. The monoisotopic (exact) mass is 362 g/mol. The van der Waals surface area contributed by atoms with Crippen molar-refractivity contribution in [3.8, 4) is 0 Å². The van der Waals surface area contributed by atoms with Crippen LogP contribution in [-0.4, -0.2) is 24.7 Å². The number of rotatable bonds is 4. The number of anilines is 1. The number of nitrogens with two attached hydrogens (primary N) is 1. The SMILES string of the molecule is CCc1cc(Br)ccc1NC(=O)[C@@H]1CC[C@H](CN)O1.Cl. The van der Waals surface area contributed by atoms with Crippen LogP contribution in [0.15, 0.2) is 22.7 Å². The zero-order chi connectivity index (χ0) is 13.8. The fourth-order valence-corrected chi connectivity index (χ4v) is 2.67. The van der Waals surface area contributed by atoms with Gasteiger partial charge in [0.05, 0.1) is 6.10 Å². The van der Waals surface area contributed by atoms with E-state index in [0.29, 0.717) is 6.54 Å². The van der Waals surface area contributed by atoms with E-state index in [2.05, 4.69) is 28.2 Å². The van der Waals surface area contributed by atoms with Gasteiger partial charge in [0, 0.05) is 16.7 Å². The lowest BCUT2D eigenvalue weighted by Crippen LogP contribution is -2.30. The standard InChI is InChI=1S/C14H19BrN2O2.ClH/c1-2-9-7-10(15)3-5-12(9)17-14(18)13-6-4-11(8-16)19-13;/h3,5,7,11,13H,2,4,6,8,16H2,1H3,(H,17,18);1H/t11-,13+;/m1./s1. The minimum absolute atomic E-state index is 0. The summed E-state index contributed by atoms with van der Waals surface area (Å²) in [7, 11) is 0. The zero-order valence-electron chi connectivity index (χ0n) is 11.4. The lowest BCUT2D eigenvalue weighted by atomic mass is 10.1. The van der Waals surface area contributed by atoms with Gasteiger partial charge in [-0.3, -0.25) is 4.79 Å². The molecular formula is C14H20BrClN2O2. The van der Waals surface area contributed by atoms with E-state index in [0.717, 1.165) is 35.0 Å². The van der Waals surface area contributed by atoms with Gasteiger partial charge in [0.25, 0.3) is 5.91 Å². The normalized spacial score (nSPS) is 21.4. The maximum atomic E-state index is 12.1. The van der Waals surface area contributed by atoms with E-state index in [4.69, 9.17) is 10.5 Å². The van der Waals surface area contributed by atoms with Crippen LogP contribution in [-0.2, 0) is 16.0 Å². The number of nitrogens with one attached hydrogen (secondary N) is 1. The molecule has 0 aliphatic carbocycles. The summed E-state index contributed by atoms with van der Waals surface area (Å²) in [6.07, 6.45) is 2.11. The van der Waals surface area contributed by atoms with Crippen LogP contribution in [0.25, 0.3) is 0 Å². The van der Waals surface area contributed by atoms with Crippen LogP contribution in [0.1, 0.15) is 25.3 Å². The predicted molar refractivity (Wildman–Crippen MR) is 86.3 cm³/mol. The Hall–Kier alpha value is -0.620. The van der Waals surface area contributed by atoms with Crippen LogP contribution in [0.5, 0.6) is 0 Å². The first-order valence-electron chi connectivity index (χ1n) is 6.58. The number of hydrogen-bond donors (Lipinski definition) is 2. The van der Waals surface area contributed by atoms with E-state index >= 15 is 0 Å². The summed E-state index contributed by atoms with van der Waals surface area (Å²) in [4.78, 5) is 12.1. The van der Waals surface area contributed by atoms with Crippen LogP contribution >= 0.6 is 28.3 Å². The molecule has 0 saturated carbocycles. The minimum Gasteiger partial charge on any atom is -0.364 e. The lowest BCUT2D eigenvalue weighted by Gasteiger charge is -2.15. The first-order valence-corrected chi connectivity index (χ1v) is 7.38. The number of halogens is 2. The van der Waals surface area contributed by atoms with Crippen molar-refractivity contribution in [3.63, 3.8) is 0 Å². The highest BCUT2D eigenvalue weighted by Crippen LogP contribution is 2.24. The van der Waals surface area contributed by atoms with Crippen molar-refractivity contribution in [3.05, 3.63) is 28.2 Å². The smallest absolute Gasteiger partial charge is 0.253 e. The number of benzene rings is 1. The minimum atomic E-state index is -0.373. The van der Waals surface area contributed by atoms with E-state index in [1.54, 1.807) is 0 Å². The molecule has 2 rings (SSSR count). The van der Waals surface area contributed by atoms with Crippen molar-refractivity contribution >= 4 is 39.9 Å². The average Bonchev–Trinajstić information content (AvgIpc) is 2.89. The van der Waals surface area contributed by atoms with Crippen molar-refractivity contribution < 1.29 is 9.53 Å². The van der Waals surface area contributed by atoms with E-state index in [-0.39, 0.29) is 30.5 Å². The van der Waals surface area contributed by atoms with Gasteiger partial charge in [0.2, 0.25) is 0 Å². The molecule has 1 fully saturated rings. The van der Waals surface area contributed by atoms with Gasteiger partial charge in [-0.2, -0.15) is 0 Å². The van der Waals surface area contributed by atoms with Gasteiger partial charge < -0.3 is 15.8 Å². The number of carbonyl (C=O) groups excluding carboxylic acids is 1. The third kappa shape index (κ3) is 4.19. The van der Waals surface area contributed by atoms with E-state index in [9.17, 15) is 4.79 Å². The fraction of sp³-hybridized carbons (Fsp3) is 0.500. The Morgan fingerprint density at radius 2 is 2.25 bits per heavy atom. The number of ether oxygens (including phenoxy) is 1. The Morgan fingerprint density at radius 3 is 2.85 bits per heavy atom. The van der Waals surface area contributed by atoms with Crippen molar-refractivity contribution in [2.75, 3.05) is 11.9 Å². The molecule has 1 aliphatic heterocycles. The summed E-state index contributed by atoms with van der Waals surface area (Å²) < 4.78 is 6.61. The van der Waals surface area contributed by atoms with Crippen LogP contribution in [0, 0.1) is 0 Å². The highest BCUT2D eigenvalue weighted by molar-refractivity contribution is 9.10. The number of carbonyl (C=O) groups is 1. The summed E-state index contributed by atoms with van der Waals surface area (Å²) in [5.41, 5.74) is 7.51. The summed E-state index contributed by atoms with van der Waals surface area (Å²) in [6.45, 7) is 2.54. The third-order valence-electron chi connectivity index (χ3n) is 3.37. The second-order valence-corrected chi connectivity index (χ2v) is 5.62. The summed E-state index contributed by atoms with van der Waals surface area (Å²) in [6, 6.07) is 5.86. The maximum Gasteiger partial charge on any atom is 0.253 e. The number of amides is 1. The van der Waals surface area contributed by atoms with Gasteiger partial charge in [-0.05, 0) is 43.0 Å². The van der Waals surface area contributed by atoms with Crippen molar-refractivity contribution in [2.45, 2.75) is 38.4 Å². The molecule has 1 heterocycles. The summed E-state index contributed by atoms with van der Waals surface area (Å²) in [5, 5.41) is 2.95. The van der Waals surface area contributed by atoms with Crippen LogP contribution in [0.3, 0.4) is 0 Å². The van der Waals surface area contributed by atoms with E-state index in [1.807, 2.05) is 18.2 Å². The molecule has 1 aromatic rings. The molecule has 0 radical (unpaired) electrons. The summed E-state index contributed by atoms with van der Waals surface area (Å²) >= 11 is 3.44. The molecule has 1 saturated heterocycles. The van der Waals surface area contributed by atoms with Gasteiger partial charge in [0.15, 0.2) is 0 Å². The number of aryl methyl sites for hydroxylation is 1. The molecule has 2 atom stereocenters. The Bertz CT molecular complexity index is 470. The molecule has 6 heteroatoms. The molecule has 4 nitrogen and oxygen atoms in total. The first-order chi connectivity index (χ1) is 9.13. The van der Waals surface area contributed by atoms with E-state index in [1.165, 1.54) is 0 Å². The highest BCUT2D eigenvalue weighted by Gasteiger charge is 2.30. The highest BCUT2D eigenvalue weighted by atomic mass is 79.9. The molecule has 20 heavy (non-hydrogen) atoms. The van der Waals surface area contributed by atoms with Crippen LogP contribution < -0.4 is 11.1 Å². The number of hydrogen-bond acceptors (Lipinski definition) is 3. The first kappa shape index (κ1) is 17.4. The van der Waals surface area contributed by atoms with Gasteiger partial charge in [-0.1, -0.05) is 22.9 Å². The lowest BCUT2D eigenvalue weighted by molar-refractivity contribution is -0.126.